The summed E-state index contributed by atoms with van der Waals surface area (Å²) in [5.41, 5.74) is 1.52. The summed E-state index contributed by atoms with van der Waals surface area (Å²) in [5.74, 6) is 1.19. The molecule has 0 bridgehead atoms. The van der Waals surface area contributed by atoms with Crippen molar-refractivity contribution >= 4 is 10.0 Å². The molecule has 22 heavy (non-hydrogen) atoms. The van der Waals surface area contributed by atoms with Gasteiger partial charge in [0.2, 0.25) is 10.0 Å². The number of aromatic nitrogens is 2. The molecule has 0 spiro atoms. The van der Waals surface area contributed by atoms with Crippen LogP contribution in [0.3, 0.4) is 0 Å². The van der Waals surface area contributed by atoms with Crippen molar-refractivity contribution in [1.82, 2.24) is 14.9 Å². The van der Waals surface area contributed by atoms with Gasteiger partial charge in [0.1, 0.15) is 0 Å². The Hall–Kier alpha value is -1.73. The van der Waals surface area contributed by atoms with Gasteiger partial charge in [-0.15, -0.1) is 0 Å². The molecular formula is C15H21N3O3S. The van der Waals surface area contributed by atoms with Crippen LogP contribution in [-0.4, -0.2) is 24.3 Å². The van der Waals surface area contributed by atoms with Gasteiger partial charge in [-0.2, -0.15) is 4.98 Å². The Kier molecular flexibility index (Phi) is 4.67. The SMILES string of the molecule is CCS(=O)(=O)NCc1ccc(-c2nc(C(C)(C)C)no2)cc1. The number of nitrogens with zero attached hydrogens (tertiary/aromatic N) is 2. The van der Waals surface area contributed by atoms with Crippen LogP contribution < -0.4 is 4.72 Å². The summed E-state index contributed by atoms with van der Waals surface area (Å²) >= 11 is 0. The first kappa shape index (κ1) is 16.6. The van der Waals surface area contributed by atoms with Crippen LogP contribution in [0.25, 0.3) is 11.5 Å². The van der Waals surface area contributed by atoms with Crippen LogP contribution in [0, 0.1) is 0 Å². The van der Waals surface area contributed by atoms with Crippen LogP contribution in [0.1, 0.15) is 39.1 Å². The first-order valence-electron chi connectivity index (χ1n) is 7.12. The lowest BCUT2D eigenvalue weighted by Crippen LogP contribution is -2.24. The van der Waals surface area contributed by atoms with Crippen molar-refractivity contribution in [3.8, 4) is 11.5 Å². The normalized spacial score (nSPS) is 12.5. The van der Waals surface area contributed by atoms with E-state index in [1.54, 1.807) is 6.92 Å². The highest BCUT2D eigenvalue weighted by atomic mass is 32.2. The third-order valence-electron chi connectivity index (χ3n) is 3.17. The summed E-state index contributed by atoms with van der Waals surface area (Å²) in [5, 5.41) is 3.99. The van der Waals surface area contributed by atoms with E-state index in [1.165, 1.54) is 0 Å². The summed E-state index contributed by atoms with van der Waals surface area (Å²) in [7, 11) is -3.18. The predicted molar refractivity (Wildman–Crippen MR) is 84.7 cm³/mol. The maximum atomic E-state index is 11.4. The van der Waals surface area contributed by atoms with Crippen LogP contribution in [0.2, 0.25) is 0 Å². The summed E-state index contributed by atoms with van der Waals surface area (Å²) < 4.78 is 30.6. The molecule has 0 fully saturated rings. The smallest absolute Gasteiger partial charge is 0.257 e. The van der Waals surface area contributed by atoms with Crippen LogP contribution in [0.4, 0.5) is 0 Å². The number of rotatable bonds is 5. The highest BCUT2D eigenvalue weighted by Gasteiger charge is 2.21. The van der Waals surface area contributed by atoms with E-state index in [2.05, 4.69) is 14.9 Å². The largest absolute Gasteiger partial charge is 0.334 e. The van der Waals surface area contributed by atoms with E-state index in [1.807, 2.05) is 45.0 Å². The minimum atomic E-state index is -3.18. The van der Waals surface area contributed by atoms with E-state index in [-0.39, 0.29) is 17.7 Å². The minimum absolute atomic E-state index is 0.0721. The Morgan fingerprint density at radius 1 is 1.18 bits per heavy atom. The van der Waals surface area contributed by atoms with Gasteiger partial charge in [0.05, 0.1) is 5.75 Å². The molecule has 0 amide bonds. The second-order valence-electron chi connectivity index (χ2n) is 6.09. The summed E-state index contributed by atoms with van der Waals surface area (Å²) in [6.07, 6.45) is 0. The third kappa shape index (κ3) is 4.14. The average Bonchev–Trinajstić information content (AvgIpc) is 2.96. The number of nitrogens with one attached hydrogen (secondary N) is 1. The van der Waals surface area contributed by atoms with Gasteiger partial charge in [0.15, 0.2) is 5.82 Å². The number of hydrogen-bond acceptors (Lipinski definition) is 5. The summed E-state index contributed by atoms with van der Waals surface area (Å²) in [4.78, 5) is 4.39. The molecule has 1 aromatic heterocycles. The zero-order chi connectivity index (χ0) is 16.4. The third-order valence-corrected chi connectivity index (χ3v) is 4.52. The van der Waals surface area contributed by atoms with E-state index >= 15 is 0 Å². The van der Waals surface area contributed by atoms with E-state index < -0.39 is 10.0 Å². The molecule has 0 atom stereocenters. The molecule has 1 N–H and O–H groups in total. The Labute approximate surface area is 131 Å². The van der Waals surface area contributed by atoms with Crippen molar-refractivity contribution in [1.29, 1.82) is 0 Å². The Balaban J connectivity index is 2.10. The zero-order valence-electron chi connectivity index (χ0n) is 13.3. The number of benzene rings is 1. The van der Waals surface area contributed by atoms with Crippen LogP contribution in [0.5, 0.6) is 0 Å². The van der Waals surface area contributed by atoms with Gasteiger partial charge in [-0.3, -0.25) is 0 Å². The van der Waals surface area contributed by atoms with Crippen LogP contribution in [0.15, 0.2) is 28.8 Å². The van der Waals surface area contributed by atoms with E-state index in [0.717, 1.165) is 11.1 Å². The lowest BCUT2D eigenvalue weighted by Gasteiger charge is -2.10. The van der Waals surface area contributed by atoms with Crippen molar-refractivity contribution in [3.05, 3.63) is 35.7 Å². The average molecular weight is 323 g/mol. The molecule has 1 heterocycles. The quantitative estimate of drug-likeness (QED) is 0.913. The molecule has 0 saturated heterocycles. The molecule has 1 aromatic carbocycles. The minimum Gasteiger partial charge on any atom is -0.334 e. The molecule has 2 aromatic rings. The highest BCUT2D eigenvalue weighted by molar-refractivity contribution is 7.89. The molecule has 120 valence electrons. The van der Waals surface area contributed by atoms with E-state index in [9.17, 15) is 8.42 Å². The molecule has 0 aliphatic heterocycles. The van der Waals surface area contributed by atoms with Crippen LogP contribution in [-0.2, 0) is 22.0 Å². The van der Waals surface area contributed by atoms with Gasteiger partial charge < -0.3 is 4.52 Å². The zero-order valence-corrected chi connectivity index (χ0v) is 14.1. The van der Waals surface area contributed by atoms with Gasteiger partial charge in [-0.1, -0.05) is 38.1 Å². The monoisotopic (exact) mass is 323 g/mol. The van der Waals surface area contributed by atoms with E-state index in [4.69, 9.17) is 4.52 Å². The Morgan fingerprint density at radius 3 is 2.32 bits per heavy atom. The molecule has 0 saturated carbocycles. The van der Waals surface area contributed by atoms with E-state index in [0.29, 0.717) is 11.7 Å². The fourth-order valence-corrected chi connectivity index (χ4v) is 2.30. The topological polar surface area (TPSA) is 85.1 Å². The van der Waals surface area contributed by atoms with Crippen molar-refractivity contribution in [2.75, 3.05) is 5.75 Å². The summed E-state index contributed by atoms with van der Waals surface area (Å²) in [6.45, 7) is 7.93. The lowest BCUT2D eigenvalue weighted by molar-refractivity contribution is 0.402. The molecular weight excluding hydrogens is 302 g/mol. The molecule has 6 nitrogen and oxygen atoms in total. The standard InChI is InChI=1S/C15H21N3O3S/c1-5-22(19,20)16-10-11-6-8-12(9-7-11)13-17-14(18-21-13)15(2,3)4/h6-9,16H,5,10H2,1-4H3. The van der Waals surface area contributed by atoms with Gasteiger partial charge in [-0.05, 0) is 24.6 Å². The molecule has 0 unspecified atom stereocenters. The van der Waals surface area contributed by atoms with Crippen molar-refractivity contribution in [2.45, 2.75) is 39.7 Å². The second kappa shape index (κ2) is 6.18. The Bertz CT molecular complexity index is 728. The van der Waals surface area contributed by atoms with Gasteiger partial charge in [0.25, 0.3) is 5.89 Å². The van der Waals surface area contributed by atoms with Crippen molar-refractivity contribution in [3.63, 3.8) is 0 Å². The lowest BCUT2D eigenvalue weighted by atomic mass is 9.96. The van der Waals surface area contributed by atoms with Gasteiger partial charge in [-0.25, -0.2) is 13.1 Å². The molecule has 0 radical (unpaired) electrons. The summed E-state index contributed by atoms with van der Waals surface area (Å²) in [6, 6.07) is 7.37. The number of sulfonamides is 1. The first-order valence-corrected chi connectivity index (χ1v) is 8.77. The van der Waals surface area contributed by atoms with Gasteiger partial charge in [0, 0.05) is 17.5 Å². The first-order chi connectivity index (χ1) is 10.2. The fourth-order valence-electron chi connectivity index (χ4n) is 1.71. The van der Waals surface area contributed by atoms with Crippen molar-refractivity contribution < 1.29 is 12.9 Å². The van der Waals surface area contributed by atoms with Crippen LogP contribution >= 0.6 is 0 Å². The number of hydrogen-bond donors (Lipinski definition) is 1. The molecule has 7 heteroatoms. The highest BCUT2D eigenvalue weighted by Crippen LogP contribution is 2.23. The molecule has 0 aliphatic rings. The maximum absolute atomic E-state index is 11.4. The second-order valence-corrected chi connectivity index (χ2v) is 8.19. The Morgan fingerprint density at radius 2 is 1.82 bits per heavy atom. The molecule has 2 rings (SSSR count). The van der Waals surface area contributed by atoms with Gasteiger partial charge >= 0.3 is 0 Å². The molecule has 0 aliphatic carbocycles. The maximum Gasteiger partial charge on any atom is 0.257 e. The van der Waals surface area contributed by atoms with Crippen molar-refractivity contribution in [2.24, 2.45) is 0 Å². The fraction of sp³-hybridized carbons (Fsp3) is 0.467. The predicted octanol–water partition coefficient (Wildman–Crippen LogP) is 2.47.